The Hall–Kier alpha value is -2.43. The first kappa shape index (κ1) is 13.0. The fourth-order valence-corrected chi connectivity index (χ4v) is 1.69. The van der Waals surface area contributed by atoms with Crippen LogP contribution < -0.4 is 0 Å². The van der Waals surface area contributed by atoms with Gasteiger partial charge in [-0.2, -0.15) is 0 Å². The van der Waals surface area contributed by atoms with Crippen molar-refractivity contribution in [1.82, 2.24) is 4.98 Å². The third-order valence-electron chi connectivity index (χ3n) is 2.59. The number of ether oxygens (including phenoxy) is 2. The predicted octanol–water partition coefficient (Wildman–Crippen LogP) is 2.20. The molecule has 0 atom stereocenters. The van der Waals surface area contributed by atoms with Gasteiger partial charge in [-0.1, -0.05) is 6.07 Å². The molecule has 2 aromatic rings. The molecule has 0 saturated carbocycles. The quantitative estimate of drug-likeness (QED) is 0.790. The van der Waals surface area contributed by atoms with Crippen molar-refractivity contribution in [3.63, 3.8) is 0 Å². The summed E-state index contributed by atoms with van der Waals surface area (Å²) in [6, 6.07) is 8.24. The maximum absolute atomic E-state index is 11.6. The highest BCUT2D eigenvalue weighted by Crippen LogP contribution is 2.16. The van der Waals surface area contributed by atoms with Gasteiger partial charge < -0.3 is 9.47 Å². The van der Waals surface area contributed by atoms with Crippen LogP contribution in [0.15, 0.2) is 30.3 Å². The Morgan fingerprint density at radius 2 is 1.95 bits per heavy atom. The number of rotatable bonds is 3. The molecule has 0 aliphatic carbocycles. The summed E-state index contributed by atoms with van der Waals surface area (Å²) in [6.07, 6.45) is 0. The topological polar surface area (TPSA) is 65.5 Å². The van der Waals surface area contributed by atoms with Crippen LogP contribution in [-0.2, 0) is 9.47 Å². The molecule has 0 N–H and O–H groups in total. The number of esters is 2. The molecular formula is C14H13NO4. The van der Waals surface area contributed by atoms with E-state index in [0.29, 0.717) is 17.7 Å². The molecule has 0 aliphatic rings. The van der Waals surface area contributed by atoms with E-state index in [0.717, 1.165) is 5.39 Å². The summed E-state index contributed by atoms with van der Waals surface area (Å²) in [5, 5.41) is 0.760. The average Bonchev–Trinajstić information content (AvgIpc) is 2.45. The first-order valence-corrected chi connectivity index (χ1v) is 5.82. The number of carbonyl (C=O) groups is 2. The molecule has 5 heteroatoms. The Kier molecular flexibility index (Phi) is 3.75. The first-order valence-electron chi connectivity index (χ1n) is 5.82. The SMILES string of the molecule is CCOC(=O)c1ccc2cc(C(=O)OC)ccc2n1. The molecule has 0 bridgehead atoms. The van der Waals surface area contributed by atoms with E-state index in [1.165, 1.54) is 7.11 Å². The average molecular weight is 259 g/mol. The summed E-state index contributed by atoms with van der Waals surface area (Å²) >= 11 is 0. The third-order valence-corrected chi connectivity index (χ3v) is 2.59. The minimum Gasteiger partial charge on any atom is -0.465 e. The maximum atomic E-state index is 11.6. The van der Waals surface area contributed by atoms with Gasteiger partial charge in [0.25, 0.3) is 0 Å². The van der Waals surface area contributed by atoms with Crippen LogP contribution in [0.4, 0.5) is 0 Å². The highest BCUT2D eigenvalue weighted by atomic mass is 16.5. The van der Waals surface area contributed by atoms with Gasteiger partial charge in [-0.3, -0.25) is 0 Å². The van der Waals surface area contributed by atoms with Crippen LogP contribution in [-0.4, -0.2) is 30.6 Å². The molecule has 98 valence electrons. The summed E-state index contributed by atoms with van der Waals surface area (Å²) in [6.45, 7) is 2.04. The number of aromatic nitrogens is 1. The van der Waals surface area contributed by atoms with E-state index in [4.69, 9.17) is 4.74 Å². The summed E-state index contributed by atoms with van der Waals surface area (Å²) < 4.78 is 9.53. The zero-order valence-corrected chi connectivity index (χ0v) is 10.7. The Labute approximate surface area is 110 Å². The number of pyridine rings is 1. The summed E-state index contributed by atoms with van der Waals surface area (Å²) in [5.41, 5.74) is 1.32. The molecule has 0 fully saturated rings. The van der Waals surface area contributed by atoms with Gasteiger partial charge in [-0.25, -0.2) is 14.6 Å². The number of carbonyl (C=O) groups excluding carboxylic acids is 2. The smallest absolute Gasteiger partial charge is 0.356 e. The molecule has 1 aromatic carbocycles. The lowest BCUT2D eigenvalue weighted by molar-refractivity contribution is 0.0519. The van der Waals surface area contributed by atoms with Crippen LogP contribution in [0, 0.1) is 0 Å². The van der Waals surface area contributed by atoms with Crippen molar-refractivity contribution < 1.29 is 19.1 Å². The van der Waals surface area contributed by atoms with Gasteiger partial charge in [0.15, 0.2) is 0 Å². The second-order valence-corrected chi connectivity index (χ2v) is 3.82. The molecular weight excluding hydrogens is 246 g/mol. The number of fused-ring (bicyclic) bond motifs is 1. The molecule has 0 saturated heterocycles. The number of benzene rings is 1. The van der Waals surface area contributed by atoms with Crippen molar-refractivity contribution in [2.75, 3.05) is 13.7 Å². The summed E-state index contributed by atoms with van der Waals surface area (Å²) in [5.74, 6) is -0.863. The standard InChI is InChI=1S/C14H13NO4/c1-3-19-14(17)12-7-4-9-8-10(13(16)18-2)5-6-11(9)15-12/h4-8H,3H2,1-2H3. The summed E-state index contributed by atoms with van der Waals surface area (Å²) in [4.78, 5) is 27.1. The zero-order chi connectivity index (χ0) is 13.8. The van der Waals surface area contributed by atoms with Crippen LogP contribution in [0.5, 0.6) is 0 Å². The van der Waals surface area contributed by atoms with E-state index >= 15 is 0 Å². The molecule has 5 nitrogen and oxygen atoms in total. The highest BCUT2D eigenvalue weighted by molar-refractivity contribution is 5.96. The second kappa shape index (κ2) is 5.48. The second-order valence-electron chi connectivity index (χ2n) is 3.82. The van der Waals surface area contributed by atoms with E-state index < -0.39 is 11.9 Å². The first-order chi connectivity index (χ1) is 9.15. The largest absolute Gasteiger partial charge is 0.465 e. The van der Waals surface area contributed by atoms with Gasteiger partial charge >= 0.3 is 11.9 Å². The van der Waals surface area contributed by atoms with Gasteiger partial charge in [0.05, 0.1) is 24.8 Å². The predicted molar refractivity (Wildman–Crippen MR) is 69.0 cm³/mol. The van der Waals surface area contributed by atoms with E-state index in [9.17, 15) is 9.59 Å². The number of hydrogen-bond acceptors (Lipinski definition) is 5. The molecule has 0 amide bonds. The molecule has 0 spiro atoms. The van der Waals surface area contributed by atoms with Crippen molar-refractivity contribution >= 4 is 22.8 Å². The van der Waals surface area contributed by atoms with E-state index in [1.807, 2.05) is 0 Å². The van der Waals surface area contributed by atoms with Gasteiger partial charge in [0.2, 0.25) is 0 Å². The Morgan fingerprint density at radius 3 is 2.63 bits per heavy atom. The van der Waals surface area contributed by atoms with Crippen molar-refractivity contribution in [1.29, 1.82) is 0 Å². The van der Waals surface area contributed by atoms with Crippen molar-refractivity contribution in [3.05, 3.63) is 41.6 Å². The molecule has 0 aliphatic heterocycles. The van der Waals surface area contributed by atoms with Crippen molar-refractivity contribution in [2.45, 2.75) is 6.92 Å². The van der Waals surface area contributed by atoms with Gasteiger partial charge in [0.1, 0.15) is 5.69 Å². The minimum absolute atomic E-state index is 0.250. The van der Waals surface area contributed by atoms with Crippen LogP contribution in [0.25, 0.3) is 10.9 Å². The fraction of sp³-hybridized carbons (Fsp3) is 0.214. The molecule has 0 unspecified atom stereocenters. The Bertz CT molecular complexity index is 636. The molecule has 0 radical (unpaired) electrons. The molecule has 2 rings (SSSR count). The fourth-order valence-electron chi connectivity index (χ4n) is 1.69. The van der Waals surface area contributed by atoms with Crippen molar-refractivity contribution in [2.24, 2.45) is 0 Å². The molecule has 1 heterocycles. The van der Waals surface area contributed by atoms with Gasteiger partial charge in [0, 0.05) is 5.39 Å². The zero-order valence-electron chi connectivity index (χ0n) is 10.7. The minimum atomic E-state index is -0.457. The van der Waals surface area contributed by atoms with Crippen molar-refractivity contribution in [3.8, 4) is 0 Å². The number of hydrogen-bond donors (Lipinski definition) is 0. The maximum Gasteiger partial charge on any atom is 0.356 e. The van der Waals surface area contributed by atoms with E-state index in [-0.39, 0.29) is 5.69 Å². The number of methoxy groups -OCH3 is 1. The highest BCUT2D eigenvalue weighted by Gasteiger charge is 2.10. The lowest BCUT2D eigenvalue weighted by atomic mass is 10.1. The monoisotopic (exact) mass is 259 g/mol. The third kappa shape index (κ3) is 2.70. The van der Waals surface area contributed by atoms with Crippen LogP contribution in [0.3, 0.4) is 0 Å². The van der Waals surface area contributed by atoms with Crippen LogP contribution in [0.2, 0.25) is 0 Å². The number of nitrogens with zero attached hydrogens (tertiary/aromatic N) is 1. The lowest BCUT2D eigenvalue weighted by Crippen LogP contribution is -2.07. The normalized spacial score (nSPS) is 10.2. The van der Waals surface area contributed by atoms with Gasteiger partial charge in [-0.15, -0.1) is 0 Å². The summed E-state index contributed by atoms with van der Waals surface area (Å²) in [7, 11) is 1.33. The van der Waals surface area contributed by atoms with Gasteiger partial charge in [-0.05, 0) is 31.2 Å². The lowest BCUT2D eigenvalue weighted by Gasteiger charge is -2.04. The van der Waals surface area contributed by atoms with Crippen LogP contribution >= 0.6 is 0 Å². The Morgan fingerprint density at radius 1 is 1.16 bits per heavy atom. The van der Waals surface area contributed by atoms with E-state index in [1.54, 1.807) is 37.3 Å². The Balaban J connectivity index is 2.40. The van der Waals surface area contributed by atoms with E-state index in [2.05, 4.69) is 9.72 Å². The molecule has 1 aromatic heterocycles. The van der Waals surface area contributed by atoms with Crippen LogP contribution in [0.1, 0.15) is 27.8 Å². The molecule has 19 heavy (non-hydrogen) atoms.